The molecule has 0 fully saturated rings. The van der Waals surface area contributed by atoms with E-state index in [4.69, 9.17) is 5.11 Å². The highest BCUT2D eigenvalue weighted by Crippen LogP contribution is 2.24. The first-order chi connectivity index (χ1) is 9.45. The van der Waals surface area contributed by atoms with Gasteiger partial charge in [0.25, 0.3) is 0 Å². The molecule has 5 nitrogen and oxygen atoms in total. The lowest BCUT2D eigenvalue weighted by Crippen LogP contribution is -2.15. The Kier molecular flexibility index (Phi) is 4.51. The molecular formula is C13H11BrN2O3S. The van der Waals surface area contributed by atoms with Crippen LogP contribution in [0.15, 0.2) is 28.1 Å². The Morgan fingerprint density at radius 2 is 2.20 bits per heavy atom. The van der Waals surface area contributed by atoms with Crippen molar-refractivity contribution in [3.63, 3.8) is 0 Å². The highest BCUT2D eigenvalue weighted by molar-refractivity contribution is 9.10. The molecule has 1 heterocycles. The summed E-state index contributed by atoms with van der Waals surface area (Å²) in [6.07, 6.45) is 0.192. The predicted molar refractivity (Wildman–Crippen MR) is 80.3 cm³/mol. The molecule has 20 heavy (non-hydrogen) atoms. The van der Waals surface area contributed by atoms with Crippen molar-refractivity contribution in [1.29, 1.82) is 0 Å². The molecule has 2 rings (SSSR count). The third-order valence-electron chi connectivity index (χ3n) is 2.50. The van der Waals surface area contributed by atoms with E-state index < -0.39 is 5.97 Å². The normalized spacial score (nSPS) is 10.3. The number of aromatic carboxylic acids is 1. The largest absolute Gasteiger partial charge is 0.478 e. The van der Waals surface area contributed by atoms with E-state index in [0.29, 0.717) is 10.2 Å². The van der Waals surface area contributed by atoms with Gasteiger partial charge >= 0.3 is 5.97 Å². The summed E-state index contributed by atoms with van der Waals surface area (Å²) in [6, 6.07) is 4.44. The van der Waals surface area contributed by atoms with Crippen LogP contribution in [0.4, 0.5) is 5.69 Å². The van der Waals surface area contributed by atoms with Gasteiger partial charge in [-0.2, -0.15) is 0 Å². The third kappa shape index (κ3) is 3.64. The van der Waals surface area contributed by atoms with E-state index in [1.165, 1.54) is 23.5 Å². The number of rotatable bonds is 4. The number of anilines is 1. The summed E-state index contributed by atoms with van der Waals surface area (Å²) in [5.41, 5.74) is 1.42. The van der Waals surface area contributed by atoms with Crippen molar-refractivity contribution in [3.05, 3.63) is 44.3 Å². The minimum atomic E-state index is -1.01. The van der Waals surface area contributed by atoms with Crippen LogP contribution in [0.25, 0.3) is 0 Å². The molecule has 1 aromatic heterocycles. The molecule has 1 aromatic carbocycles. The number of aryl methyl sites for hydroxylation is 1. The number of benzene rings is 1. The number of carbonyl (C=O) groups excluding carboxylic acids is 1. The van der Waals surface area contributed by atoms with Crippen molar-refractivity contribution in [1.82, 2.24) is 4.98 Å². The molecule has 7 heteroatoms. The summed E-state index contributed by atoms with van der Waals surface area (Å²) in [6.45, 7) is 1.88. The van der Waals surface area contributed by atoms with E-state index in [-0.39, 0.29) is 17.9 Å². The van der Waals surface area contributed by atoms with Gasteiger partial charge in [0.15, 0.2) is 0 Å². The number of nitrogens with zero attached hydrogens (tertiary/aromatic N) is 1. The molecule has 2 N–H and O–H groups in total. The number of thiazole rings is 1. The second kappa shape index (κ2) is 6.15. The van der Waals surface area contributed by atoms with Crippen molar-refractivity contribution < 1.29 is 14.7 Å². The number of nitrogens with one attached hydrogen (secondary N) is 1. The van der Waals surface area contributed by atoms with Crippen LogP contribution in [0, 0.1) is 6.92 Å². The standard InChI is InChI=1S/C13H11BrN2O3S/c1-7-15-9(6-20-7)5-12(17)16-11-3-2-8(13(18)19)4-10(11)14/h2-4,6H,5H2,1H3,(H,16,17)(H,18,19). The van der Waals surface area contributed by atoms with Crippen molar-refractivity contribution in [3.8, 4) is 0 Å². The van der Waals surface area contributed by atoms with Gasteiger partial charge in [0.2, 0.25) is 5.91 Å². The molecule has 0 radical (unpaired) electrons. The summed E-state index contributed by atoms with van der Waals surface area (Å²) in [4.78, 5) is 26.9. The van der Waals surface area contributed by atoms with Crippen molar-refractivity contribution in [2.75, 3.05) is 5.32 Å². The molecule has 0 spiro atoms. The Bertz CT molecular complexity index is 669. The Labute approximate surface area is 127 Å². The van der Waals surface area contributed by atoms with E-state index in [1.807, 2.05) is 12.3 Å². The molecule has 0 unspecified atom stereocenters. The van der Waals surface area contributed by atoms with Gasteiger partial charge in [-0.3, -0.25) is 4.79 Å². The maximum Gasteiger partial charge on any atom is 0.335 e. The second-order valence-electron chi connectivity index (χ2n) is 4.08. The molecule has 2 aromatic rings. The number of carboxylic acid groups (broad SMARTS) is 1. The molecule has 0 aliphatic rings. The van der Waals surface area contributed by atoms with Crippen molar-refractivity contribution >= 4 is 44.8 Å². The van der Waals surface area contributed by atoms with E-state index in [1.54, 1.807) is 6.07 Å². The zero-order chi connectivity index (χ0) is 14.7. The smallest absolute Gasteiger partial charge is 0.335 e. The molecule has 0 bridgehead atoms. The molecule has 104 valence electrons. The lowest BCUT2D eigenvalue weighted by Gasteiger charge is -2.07. The van der Waals surface area contributed by atoms with E-state index >= 15 is 0 Å². The first-order valence-electron chi connectivity index (χ1n) is 5.69. The van der Waals surface area contributed by atoms with E-state index in [0.717, 1.165) is 10.7 Å². The first kappa shape index (κ1) is 14.7. The lowest BCUT2D eigenvalue weighted by atomic mass is 10.2. The average Bonchev–Trinajstić information content (AvgIpc) is 2.77. The molecule has 0 saturated carbocycles. The highest BCUT2D eigenvalue weighted by atomic mass is 79.9. The third-order valence-corrected chi connectivity index (χ3v) is 3.98. The molecule has 1 amide bonds. The van der Waals surface area contributed by atoms with Crippen LogP contribution >= 0.6 is 27.3 Å². The van der Waals surface area contributed by atoms with Gasteiger partial charge in [-0.15, -0.1) is 11.3 Å². The molecule has 0 aliphatic carbocycles. The predicted octanol–water partition coefficient (Wildman–Crippen LogP) is 3.09. The number of hydrogen-bond acceptors (Lipinski definition) is 4. The summed E-state index contributed by atoms with van der Waals surface area (Å²) >= 11 is 4.74. The maximum absolute atomic E-state index is 11.9. The van der Waals surface area contributed by atoms with E-state index in [9.17, 15) is 9.59 Å². The topological polar surface area (TPSA) is 79.3 Å². The molecule has 0 saturated heterocycles. The van der Waals surface area contributed by atoms with Crippen molar-refractivity contribution in [2.45, 2.75) is 13.3 Å². The fourth-order valence-corrected chi connectivity index (χ4v) is 2.69. The minimum absolute atomic E-state index is 0.157. The van der Waals surface area contributed by atoms with Crippen LogP contribution in [0.1, 0.15) is 21.1 Å². The number of hydrogen-bond donors (Lipinski definition) is 2. The van der Waals surface area contributed by atoms with Gasteiger partial charge in [-0.1, -0.05) is 0 Å². The molecular weight excluding hydrogens is 344 g/mol. The Morgan fingerprint density at radius 1 is 1.45 bits per heavy atom. The highest BCUT2D eigenvalue weighted by Gasteiger charge is 2.11. The number of amides is 1. The number of halogens is 1. The first-order valence-corrected chi connectivity index (χ1v) is 7.36. The van der Waals surface area contributed by atoms with Gasteiger partial charge < -0.3 is 10.4 Å². The van der Waals surface area contributed by atoms with Crippen LogP contribution in [-0.2, 0) is 11.2 Å². The Hall–Kier alpha value is -1.73. The zero-order valence-corrected chi connectivity index (χ0v) is 12.9. The Morgan fingerprint density at radius 3 is 2.75 bits per heavy atom. The number of carboxylic acids is 1. The van der Waals surface area contributed by atoms with Crippen LogP contribution in [-0.4, -0.2) is 22.0 Å². The fourth-order valence-electron chi connectivity index (χ4n) is 1.60. The van der Waals surface area contributed by atoms with Gasteiger partial charge in [0, 0.05) is 9.85 Å². The summed E-state index contributed by atoms with van der Waals surface area (Å²) in [5, 5.41) is 14.3. The van der Waals surface area contributed by atoms with Crippen LogP contribution < -0.4 is 5.32 Å². The molecule has 0 atom stereocenters. The monoisotopic (exact) mass is 354 g/mol. The molecule has 0 aliphatic heterocycles. The lowest BCUT2D eigenvalue weighted by molar-refractivity contribution is -0.115. The van der Waals surface area contributed by atoms with Gasteiger partial charge in [-0.05, 0) is 41.1 Å². The summed E-state index contributed by atoms with van der Waals surface area (Å²) < 4.78 is 0.528. The second-order valence-corrected chi connectivity index (χ2v) is 6.00. The van der Waals surface area contributed by atoms with Gasteiger partial charge in [0.1, 0.15) is 0 Å². The van der Waals surface area contributed by atoms with Crippen LogP contribution in [0.5, 0.6) is 0 Å². The van der Waals surface area contributed by atoms with Gasteiger partial charge in [0.05, 0.1) is 28.4 Å². The zero-order valence-electron chi connectivity index (χ0n) is 10.5. The Balaban J connectivity index is 2.06. The van der Waals surface area contributed by atoms with Crippen molar-refractivity contribution in [2.24, 2.45) is 0 Å². The fraction of sp³-hybridized carbons (Fsp3) is 0.154. The number of carbonyl (C=O) groups is 2. The summed E-state index contributed by atoms with van der Waals surface area (Å²) in [7, 11) is 0. The van der Waals surface area contributed by atoms with Gasteiger partial charge in [-0.25, -0.2) is 9.78 Å². The minimum Gasteiger partial charge on any atom is -0.478 e. The average molecular weight is 355 g/mol. The van der Waals surface area contributed by atoms with Crippen LogP contribution in [0.2, 0.25) is 0 Å². The number of aromatic nitrogens is 1. The quantitative estimate of drug-likeness (QED) is 0.883. The SMILES string of the molecule is Cc1nc(CC(=O)Nc2ccc(C(=O)O)cc2Br)cs1. The van der Waals surface area contributed by atoms with E-state index in [2.05, 4.69) is 26.2 Å². The maximum atomic E-state index is 11.9. The van der Waals surface area contributed by atoms with Crippen LogP contribution in [0.3, 0.4) is 0 Å². The summed E-state index contributed by atoms with van der Waals surface area (Å²) in [5.74, 6) is -1.21.